The second-order valence-electron chi connectivity index (χ2n) is 7.27. The summed E-state index contributed by atoms with van der Waals surface area (Å²) < 4.78 is 2.43. The van der Waals surface area contributed by atoms with Crippen LogP contribution in [0.15, 0.2) is 43.1 Å². The van der Waals surface area contributed by atoms with E-state index in [1.165, 1.54) is 22.2 Å². The maximum Gasteiger partial charge on any atom is 0.0489 e. The van der Waals surface area contributed by atoms with Crippen molar-refractivity contribution < 1.29 is 0 Å². The Kier molecular flexibility index (Phi) is 4.60. The van der Waals surface area contributed by atoms with Gasteiger partial charge >= 0.3 is 0 Å². The summed E-state index contributed by atoms with van der Waals surface area (Å²) in [5.74, 6) is 0. The highest BCUT2D eigenvalue weighted by atomic mass is 35.5. The summed E-state index contributed by atoms with van der Waals surface area (Å²) in [6.07, 6.45) is 4.04. The predicted molar refractivity (Wildman–Crippen MR) is 110 cm³/mol. The van der Waals surface area contributed by atoms with Crippen LogP contribution >= 0.6 is 11.6 Å². The van der Waals surface area contributed by atoms with Gasteiger partial charge in [0.25, 0.3) is 0 Å². The largest absolute Gasteiger partial charge is 0.340 e. The van der Waals surface area contributed by atoms with Crippen LogP contribution < -0.4 is 0 Å². The fourth-order valence-corrected chi connectivity index (χ4v) is 4.04. The minimum absolute atomic E-state index is 0.780. The molecule has 0 radical (unpaired) electrons. The molecule has 134 valence electrons. The second kappa shape index (κ2) is 6.90. The lowest BCUT2D eigenvalue weighted by molar-refractivity contribution is 0.351. The molecule has 0 atom stereocenters. The summed E-state index contributed by atoms with van der Waals surface area (Å²) in [6.45, 7) is 9.29. The highest BCUT2D eigenvalue weighted by Crippen LogP contribution is 2.32. The molecule has 26 heavy (non-hydrogen) atoms. The fourth-order valence-electron chi connectivity index (χ4n) is 3.86. The van der Waals surface area contributed by atoms with Gasteiger partial charge in [-0.1, -0.05) is 24.2 Å². The van der Waals surface area contributed by atoms with Crippen LogP contribution in [0.1, 0.15) is 22.5 Å². The van der Waals surface area contributed by atoms with Gasteiger partial charge in [-0.15, -0.1) is 0 Å². The van der Waals surface area contributed by atoms with Gasteiger partial charge in [0.05, 0.1) is 0 Å². The predicted octanol–water partition coefficient (Wildman–Crippen LogP) is 4.74. The van der Waals surface area contributed by atoms with Gasteiger partial charge in [0, 0.05) is 59.6 Å². The third-order valence-electron chi connectivity index (χ3n) is 5.39. The Balaban J connectivity index is 1.79. The van der Waals surface area contributed by atoms with Crippen molar-refractivity contribution in [3.8, 4) is 0 Å². The third-order valence-corrected chi connectivity index (χ3v) is 5.63. The smallest absolute Gasteiger partial charge is 0.0489 e. The number of hydrogen-bond donors (Lipinski definition) is 0. The van der Waals surface area contributed by atoms with E-state index in [-0.39, 0.29) is 0 Å². The highest BCUT2D eigenvalue weighted by Gasteiger charge is 2.21. The summed E-state index contributed by atoms with van der Waals surface area (Å²) in [5.41, 5.74) is 7.34. The van der Waals surface area contributed by atoms with Crippen LogP contribution in [-0.2, 0) is 19.4 Å². The number of likely N-dealkylation sites (N-methyl/N-ethyl adjacent to an activating group) is 1. The number of aromatic nitrogens is 2. The highest BCUT2D eigenvalue weighted by molar-refractivity contribution is 6.31. The molecule has 4 heteroatoms. The van der Waals surface area contributed by atoms with E-state index < -0.39 is 0 Å². The molecule has 0 fully saturated rings. The number of pyridine rings is 1. The van der Waals surface area contributed by atoms with Gasteiger partial charge < -0.3 is 9.47 Å². The van der Waals surface area contributed by atoms with E-state index in [0.29, 0.717) is 0 Å². The first-order chi connectivity index (χ1) is 12.5. The Bertz CT molecular complexity index is 969. The van der Waals surface area contributed by atoms with E-state index in [1.54, 1.807) is 0 Å². The molecule has 0 unspecified atom stereocenters. The standard InChI is InChI=1S/C22H24ClN3/c1-15(17-5-4-16(2)24-13-17)14-26-21-7-6-18(23)12-20(21)19-8-10-25(3)11-9-22(19)26/h4-7,12-13H,1,8-11,14H2,2-3H3. The summed E-state index contributed by atoms with van der Waals surface area (Å²) in [4.78, 5) is 6.82. The maximum atomic E-state index is 6.31. The van der Waals surface area contributed by atoms with Crippen molar-refractivity contribution in [3.63, 3.8) is 0 Å². The fraction of sp³-hybridized carbons (Fsp3) is 0.318. The monoisotopic (exact) mass is 365 g/mol. The van der Waals surface area contributed by atoms with Gasteiger partial charge in [-0.25, -0.2) is 0 Å². The van der Waals surface area contributed by atoms with Crippen molar-refractivity contribution in [2.24, 2.45) is 0 Å². The Morgan fingerprint density at radius 3 is 2.77 bits per heavy atom. The molecule has 0 bridgehead atoms. The molecule has 1 aliphatic rings. The molecule has 3 nitrogen and oxygen atoms in total. The second-order valence-corrected chi connectivity index (χ2v) is 7.70. The van der Waals surface area contributed by atoms with Gasteiger partial charge in [0.15, 0.2) is 0 Å². The minimum atomic E-state index is 0.780. The topological polar surface area (TPSA) is 21.1 Å². The molecule has 3 heterocycles. The SMILES string of the molecule is C=C(Cn1c2c(c3cc(Cl)ccc31)CCN(C)CC2)c1ccc(C)nc1. The molecule has 0 saturated heterocycles. The molecule has 1 aliphatic heterocycles. The Morgan fingerprint density at radius 1 is 1.19 bits per heavy atom. The van der Waals surface area contributed by atoms with E-state index in [1.807, 2.05) is 25.3 Å². The van der Waals surface area contributed by atoms with E-state index in [4.69, 9.17) is 11.6 Å². The number of nitrogens with zero attached hydrogens (tertiary/aromatic N) is 3. The molecule has 2 aromatic heterocycles. The molecular weight excluding hydrogens is 342 g/mol. The van der Waals surface area contributed by atoms with E-state index >= 15 is 0 Å². The third kappa shape index (κ3) is 3.17. The van der Waals surface area contributed by atoms with Crippen LogP contribution in [0, 0.1) is 6.92 Å². The van der Waals surface area contributed by atoms with Gasteiger partial charge in [-0.2, -0.15) is 0 Å². The van der Waals surface area contributed by atoms with Crippen LogP contribution in [0.25, 0.3) is 16.5 Å². The van der Waals surface area contributed by atoms with Crippen molar-refractivity contribution in [2.75, 3.05) is 20.1 Å². The molecule has 1 aromatic carbocycles. The lowest BCUT2D eigenvalue weighted by Crippen LogP contribution is -2.21. The number of benzene rings is 1. The normalized spacial score (nSPS) is 15.0. The van der Waals surface area contributed by atoms with Crippen LogP contribution in [0.4, 0.5) is 0 Å². The van der Waals surface area contributed by atoms with Crippen molar-refractivity contribution in [1.82, 2.24) is 14.5 Å². The summed E-state index contributed by atoms with van der Waals surface area (Å²) in [5, 5.41) is 2.09. The van der Waals surface area contributed by atoms with Crippen molar-refractivity contribution >= 4 is 28.1 Å². The number of halogens is 1. The lowest BCUT2D eigenvalue weighted by Gasteiger charge is -2.15. The van der Waals surface area contributed by atoms with E-state index in [0.717, 1.165) is 54.3 Å². The average Bonchev–Trinajstić information content (AvgIpc) is 2.76. The quantitative estimate of drug-likeness (QED) is 0.668. The van der Waals surface area contributed by atoms with E-state index in [2.05, 4.69) is 46.3 Å². The zero-order valence-electron chi connectivity index (χ0n) is 15.4. The lowest BCUT2D eigenvalue weighted by atomic mass is 10.1. The molecule has 0 saturated carbocycles. The summed E-state index contributed by atoms with van der Waals surface area (Å²) in [6, 6.07) is 10.4. The molecule has 3 aromatic rings. The van der Waals surface area contributed by atoms with Crippen molar-refractivity contribution in [1.29, 1.82) is 0 Å². The number of hydrogen-bond acceptors (Lipinski definition) is 2. The molecule has 0 spiro atoms. The van der Waals surface area contributed by atoms with Crippen molar-refractivity contribution in [2.45, 2.75) is 26.3 Å². The van der Waals surface area contributed by atoms with E-state index in [9.17, 15) is 0 Å². The number of rotatable bonds is 3. The number of allylic oxidation sites excluding steroid dienone is 1. The Labute approximate surface area is 159 Å². The molecular formula is C22H24ClN3. The first-order valence-corrected chi connectivity index (χ1v) is 9.49. The Hall–Kier alpha value is -2.10. The number of aryl methyl sites for hydroxylation is 1. The molecule has 0 N–H and O–H groups in total. The van der Waals surface area contributed by atoms with Crippen LogP contribution in [0.3, 0.4) is 0 Å². The first kappa shape index (κ1) is 17.3. The summed E-state index contributed by atoms with van der Waals surface area (Å²) in [7, 11) is 2.20. The summed E-state index contributed by atoms with van der Waals surface area (Å²) >= 11 is 6.31. The minimum Gasteiger partial charge on any atom is -0.340 e. The van der Waals surface area contributed by atoms with Gasteiger partial charge in [0.2, 0.25) is 0 Å². The molecule has 0 aliphatic carbocycles. The van der Waals surface area contributed by atoms with Gasteiger partial charge in [-0.3, -0.25) is 4.98 Å². The average molecular weight is 366 g/mol. The zero-order chi connectivity index (χ0) is 18.3. The van der Waals surface area contributed by atoms with Crippen LogP contribution in [0.5, 0.6) is 0 Å². The van der Waals surface area contributed by atoms with Crippen LogP contribution in [-0.4, -0.2) is 34.6 Å². The van der Waals surface area contributed by atoms with Crippen molar-refractivity contribution in [3.05, 3.63) is 70.6 Å². The Morgan fingerprint density at radius 2 is 2.00 bits per heavy atom. The molecule has 4 rings (SSSR count). The van der Waals surface area contributed by atoms with Crippen LogP contribution in [0.2, 0.25) is 5.02 Å². The maximum absolute atomic E-state index is 6.31. The van der Waals surface area contributed by atoms with Gasteiger partial charge in [-0.05, 0) is 61.4 Å². The number of fused-ring (bicyclic) bond motifs is 3. The molecule has 0 amide bonds. The first-order valence-electron chi connectivity index (χ1n) is 9.12. The van der Waals surface area contributed by atoms with Gasteiger partial charge in [0.1, 0.15) is 0 Å². The zero-order valence-corrected chi connectivity index (χ0v) is 16.2.